The molecule has 0 bridgehead atoms. The maximum atomic E-state index is 12.0. The lowest BCUT2D eigenvalue weighted by atomic mass is 10.0. The summed E-state index contributed by atoms with van der Waals surface area (Å²) >= 11 is 1.30. The van der Waals surface area contributed by atoms with Crippen molar-refractivity contribution in [2.45, 2.75) is 70.5 Å². The number of thioether (sulfide) groups is 1. The van der Waals surface area contributed by atoms with Crippen molar-refractivity contribution in [1.29, 1.82) is 0 Å². The molecule has 24 heavy (non-hydrogen) atoms. The van der Waals surface area contributed by atoms with Gasteiger partial charge < -0.3 is 5.32 Å². The van der Waals surface area contributed by atoms with E-state index in [4.69, 9.17) is 0 Å². The molecular formula is C17H28N4O2S. The highest BCUT2D eigenvalue weighted by atomic mass is 32.2. The van der Waals surface area contributed by atoms with Crippen molar-refractivity contribution in [3.05, 3.63) is 5.82 Å². The van der Waals surface area contributed by atoms with Crippen molar-refractivity contribution in [2.24, 2.45) is 11.8 Å². The first-order valence-corrected chi connectivity index (χ1v) is 9.78. The molecule has 1 aliphatic rings. The molecule has 1 aromatic rings. The van der Waals surface area contributed by atoms with E-state index in [-0.39, 0.29) is 23.4 Å². The highest BCUT2D eigenvalue weighted by Gasteiger charge is 2.21. The number of aromatic nitrogens is 3. The van der Waals surface area contributed by atoms with Gasteiger partial charge >= 0.3 is 0 Å². The van der Waals surface area contributed by atoms with Gasteiger partial charge in [0.2, 0.25) is 11.1 Å². The molecule has 0 aromatic carbocycles. The number of nitrogens with one attached hydrogen (secondary N) is 2. The number of Topliss-reactive ketones (excluding diaryl/α,β-unsaturated/α-hetero) is 1. The van der Waals surface area contributed by atoms with Crippen molar-refractivity contribution in [1.82, 2.24) is 20.5 Å². The average Bonchev–Trinajstić information content (AvgIpc) is 3.19. The van der Waals surface area contributed by atoms with Gasteiger partial charge in [-0.1, -0.05) is 51.3 Å². The maximum Gasteiger partial charge on any atom is 0.231 e. The number of aryl methyl sites for hydroxylation is 1. The number of H-pyrrole nitrogens is 1. The molecule has 1 saturated carbocycles. The lowest BCUT2D eigenvalue weighted by Crippen LogP contribution is -2.44. The lowest BCUT2D eigenvalue weighted by Gasteiger charge is -2.19. The zero-order chi connectivity index (χ0) is 17.5. The Labute approximate surface area is 148 Å². The van der Waals surface area contributed by atoms with Crippen molar-refractivity contribution >= 4 is 23.5 Å². The molecule has 1 amide bonds. The Hall–Kier alpha value is -1.37. The molecule has 1 aliphatic carbocycles. The Balaban J connectivity index is 1.73. The second-order valence-corrected chi connectivity index (χ2v) is 7.88. The summed E-state index contributed by atoms with van der Waals surface area (Å²) in [6.07, 6.45) is 7.47. The summed E-state index contributed by atoms with van der Waals surface area (Å²) in [4.78, 5) is 28.0. The second kappa shape index (κ2) is 9.20. The molecule has 0 radical (unpaired) electrons. The maximum absolute atomic E-state index is 12.0. The summed E-state index contributed by atoms with van der Waals surface area (Å²) in [5.41, 5.74) is 0. The molecule has 2 N–H and O–H groups in total. The third-order valence-electron chi connectivity index (χ3n) is 4.53. The minimum Gasteiger partial charge on any atom is -0.345 e. The van der Waals surface area contributed by atoms with Crippen molar-refractivity contribution < 1.29 is 9.59 Å². The van der Waals surface area contributed by atoms with Crippen LogP contribution in [0.1, 0.15) is 58.7 Å². The number of carbonyl (C=O) groups is 2. The van der Waals surface area contributed by atoms with Crippen LogP contribution in [0.25, 0.3) is 0 Å². The van der Waals surface area contributed by atoms with Gasteiger partial charge in [0.15, 0.2) is 5.78 Å². The van der Waals surface area contributed by atoms with Gasteiger partial charge in [0.1, 0.15) is 5.82 Å². The van der Waals surface area contributed by atoms with Crippen LogP contribution in [0.2, 0.25) is 0 Å². The van der Waals surface area contributed by atoms with E-state index in [1.807, 2.05) is 13.8 Å². The molecule has 1 fully saturated rings. The van der Waals surface area contributed by atoms with Gasteiger partial charge in [-0.05, 0) is 25.2 Å². The minimum absolute atomic E-state index is 0.0181. The molecule has 1 aromatic heterocycles. The topological polar surface area (TPSA) is 87.7 Å². The van der Waals surface area contributed by atoms with Gasteiger partial charge in [-0.25, -0.2) is 4.98 Å². The smallest absolute Gasteiger partial charge is 0.231 e. The summed E-state index contributed by atoms with van der Waals surface area (Å²) in [5.74, 6) is 1.85. The van der Waals surface area contributed by atoms with Crippen LogP contribution in [0.4, 0.5) is 0 Å². The molecule has 0 spiro atoms. The van der Waals surface area contributed by atoms with Crippen molar-refractivity contribution in [3.8, 4) is 0 Å². The number of aromatic amines is 1. The van der Waals surface area contributed by atoms with Gasteiger partial charge in [0.25, 0.3) is 0 Å². The number of nitrogens with zero attached hydrogens (tertiary/aromatic N) is 2. The van der Waals surface area contributed by atoms with Crippen LogP contribution in [0.5, 0.6) is 0 Å². The van der Waals surface area contributed by atoms with Crippen LogP contribution in [-0.2, 0) is 16.0 Å². The van der Waals surface area contributed by atoms with E-state index in [0.29, 0.717) is 5.16 Å². The highest BCUT2D eigenvalue weighted by molar-refractivity contribution is 7.99. The predicted octanol–water partition coefficient (Wildman–Crippen LogP) is 2.75. The fourth-order valence-corrected chi connectivity index (χ4v) is 3.81. The number of amides is 1. The molecule has 1 heterocycles. The fraction of sp³-hybridized carbons (Fsp3) is 0.765. The zero-order valence-electron chi connectivity index (χ0n) is 14.8. The third kappa shape index (κ3) is 5.92. The van der Waals surface area contributed by atoms with E-state index >= 15 is 0 Å². The molecule has 0 saturated heterocycles. The van der Waals surface area contributed by atoms with E-state index in [1.54, 1.807) is 0 Å². The summed E-state index contributed by atoms with van der Waals surface area (Å²) < 4.78 is 0. The van der Waals surface area contributed by atoms with Crippen molar-refractivity contribution in [3.63, 3.8) is 0 Å². The number of rotatable bonds is 9. The standard InChI is InChI=1S/C17H28N4O2S/c1-11(2)16(12(3)22)19-15(23)10-24-17-18-14(20-21-17)9-8-13-6-4-5-7-13/h11,13,16H,4-10H2,1-3H3,(H,19,23)(H,18,20,21). The number of hydrogen-bond donors (Lipinski definition) is 2. The quantitative estimate of drug-likeness (QED) is 0.667. The van der Waals surface area contributed by atoms with Crippen LogP contribution in [-0.4, -0.2) is 38.7 Å². The van der Waals surface area contributed by atoms with Crippen LogP contribution >= 0.6 is 11.8 Å². The van der Waals surface area contributed by atoms with Crippen LogP contribution in [0.3, 0.4) is 0 Å². The Morgan fingerprint density at radius 2 is 2.04 bits per heavy atom. The first-order chi connectivity index (χ1) is 11.5. The van der Waals surface area contributed by atoms with Gasteiger partial charge in [0, 0.05) is 6.42 Å². The Morgan fingerprint density at radius 1 is 1.33 bits per heavy atom. The Kier molecular flexibility index (Phi) is 7.27. The normalized spacial score (nSPS) is 16.5. The van der Waals surface area contributed by atoms with Gasteiger partial charge in [-0.3, -0.25) is 14.7 Å². The van der Waals surface area contributed by atoms with Gasteiger partial charge in [0.05, 0.1) is 11.8 Å². The summed E-state index contributed by atoms with van der Waals surface area (Å²) in [5, 5.41) is 10.5. The number of ketones is 1. The largest absolute Gasteiger partial charge is 0.345 e. The molecule has 1 unspecified atom stereocenters. The average molecular weight is 353 g/mol. The number of carbonyl (C=O) groups excluding carboxylic acids is 2. The van der Waals surface area contributed by atoms with E-state index in [0.717, 1.165) is 24.6 Å². The SMILES string of the molecule is CC(=O)C(NC(=O)CSc1n[nH]c(CCC2CCCC2)n1)C(C)C. The summed E-state index contributed by atoms with van der Waals surface area (Å²) in [6, 6.07) is -0.424. The molecule has 2 rings (SSSR count). The molecule has 1 atom stereocenters. The minimum atomic E-state index is -0.424. The first-order valence-electron chi connectivity index (χ1n) is 8.79. The fourth-order valence-electron chi connectivity index (χ4n) is 3.18. The summed E-state index contributed by atoms with van der Waals surface area (Å²) in [7, 11) is 0. The molecular weight excluding hydrogens is 324 g/mol. The lowest BCUT2D eigenvalue weighted by molar-refractivity contribution is -0.126. The van der Waals surface area contributed by atoms with E-state index in [1.165, 1.54) is 44.4 Å². The van der Waals surface area contributed by atoms with E-state index in [9.17, 15) is 9.59 Å². The van der Waals surface area contributed by atoms with E-state index < -0.39 is 6.04 Å². The monoisotopic (exact) mass is 352 g/mol. The van der Waals surface area contributed by atoms with Gasteiger partial charge in [-0.15, -0.1) is 5.10 Å². The first kappa shape index (κ1) is 19.0. The number of hydrogen-bond acceptors (Lipinski definition) is 5. The molecule has 134 valence electrons. The summed E-state index contributed by atoms with van der Waals surface area (Å²) in [6.45, 7) is 5.35. The molecule has 0 aliphatic heterocycles. The van der Waals surface area contributed by atoms with Crippen LogP contribution in [0, 0.1) is 11.8 Å². The zero-order valence-corrected chi connectivity index (χ0v) is 15.6. The highest BCUT2D eigenvalue weighted by Crippen LogP contribution is 2.28. The van der Waals surface area contributed by atoms with Crippen LogP contribution in [0.15, 0.2) is 5.16 Å². The molecule has 7 heteroatoms. The van der Waals surface area contributed by atoms with Crippen molar-refractivity contribution in [2.75, 3.05) is 5.75 Å². The van der Waals surface area contributed by atoms with Crippen LogP contribution < -0.4 is 5.32 Å². The molecule has 6 nitrogen and oxygen atoms in total. The van der Waals surface area contributed by atoms with E-state index in [2.05, 4.69) is 20.5 Å². The third-order valence-corrected chi connectivity index (χ3v) is 5.38. The predicted molar refractivity (Wildman–Crippen MR) is 94.8 cm³/mol. The second-order valence-electron chi connectivity index (χ2n) is 6.94. The Morgan fingerprint density at radius 3 is 2.67 bits per heavy atom. The Bertz CT molecular complexity index is 553. The van der Waals surface area contributed by atoms with Gasteiger partial charge in [-0.2, -0.15) is 0 Å².